The molecule has 1 amide bonds. The third-order valence-corrected chi connectivity index (χ3v) is 6.95. The minimum Gasteiger partial charge on any atom is -0.469 e. The number of hydrogen-bond acceptors (Lipinski definition) is 7. The van der Waals surface area contributed by atoms with Crippen LogP contribution in [0.25, 0.3) is 10.6 Å². The third kappa shape index (κ3) is 4.30. The SMILES string of the molecule is COC(=O)[C@H]1CCCCC[C@H]1NC(=O)c1sc(-c2c(C)c(C)nn(C)c2=O)nc1C. The molecule has 1 aliphatic rings. The molecule has 1 N–H and O–H groups in total. The van der Waals surface area contributed by atoms with E-state index in [1.54, 1.807) is 14.0 Å². The zero-order valence-corrected chi connectivity index (χ0v) is 18.9. The summed E-state index contributed by atoms with van der Waals surface area (Å²) in [6.07, 6.45) is 4.37. The molecule has 9 heteroatoms. The summed E-state index contributed by atoms with van der Waals surface area (Å²) in [5, 5.41) is 7.74. The van der Waals surface area contributed by atoms with Crippen LogP contribution in [0.1, 0.15) is 58.7 Å². The first-order valence-electron chi connectivity index (χ1n) is 10.2. The first-order valence-corrected chi connectivity index (χ1v) is 11.0. The zero-order chi connectivity index (χ0) is 22.0. The number of esters is 1. The Morgan fingerprint density at radius 2 is 1.83 bits per heavy atom. The predicted octanol–water partition coefficient (Wildman–Crippen LogP) is 2.68. The standard InChI is InChI=1S/C21H28N4O4S/c1-11-12(2)24-25(4)20(27)16(11)19-22-13(3)17(30-19)18(26)23-15-10-8-6-7-9-14(15)21(28)29-5/h14-15H,6-10H2,1-5H3,(H,23,26)/t14-,15+/m0/s1. The zero-order valence-electron chi connectivity index (χ0n) is 18.1. The van der Waals surface area contributed by atoms with E-state index in [2.05, 4.69) is 15.4 Å². The lowest BCUT2D eigenvalue weighted by Gasteiger charge is -2.23. The fourth-order valence-corrected chi connectivity index (χ4v) is 5.03. The first kappa shape index (κ1) is 22.1. The number of aryl methyl sites for hydroxylation is 3. The predicted molar refractivity (Wildman–Crippen MR) is 115 cm³/mol. The Morgan fingerprint density at radius 1 is 1.13 bits per heavy atom. The van der Waals surface area contributed by atoms with Crippen molar-refractivity contribution in [2.24, 2.45) is 13.0 Å². The van der Waals surface area contributed by atoms with Crippen molar-refractivity contribution in [2.45, 2.75) is 58.9 Å². The average Bonchev–Trinajstić information content (AvgIpc) is 2.94. The summed E-state index contributed by atoms with van der Waals surface area (Å²) in [4.78, 5) is 42.9. The van der Waals surface area contributed by atoms with Gasteiger partial charge in [0.2, 0.25) is 0 Å². The van der Waals surface area contributed by atoms with Crippen molar-refractivity contribution < 1.29 is 14.3 Å². The summed E-state index contributed by atoms with van der Waals surface area (Å²) >= 11 is 1.20. The number of methoxy groups -OCH3 is 1. The van der Waals surface area contributed by atoms with E-state index in [1.165, 1.54) is 23.1 Å². The molecule has 0 unspecified atom stereocenters. The maximum atomic E-state index is 13.1. The summed E-state index contributed by atoms with van der Waals surface area (Å²) in [7, 11) is 2.98. The maximum absolute atomic E-state index is 13.1. The van der Waals surface area contributed by atoms with Crippen LogP contribution in [-0.4, -0.2) is 39.8 Å². The molecule has 0 aliphatic heterocycles. The van der Waals surface area contributed by atoms with E-state index in [0.717, 1.165) is 36.9 Å². The molecule has 0 radical (unpaired) electrons. The molecule has 0 saturated heterocycles. The van der Waals surface area contributed by atoms with Crippen LogP contribution >= 0.6 is 11.3 Å². The summed E-state index contributed by atoms with van der Waals surface area (Å²) in [5.41, 5.74) is 2.29. The van der Waals surface area contributed by atoms with Crippen LogP contribution in [0, 0.1) is 26.7 Å². The van der Waals surface area contributed by atoms with Crippen molar-refractivity contribution in [2.75, 3.05) is 7.11 Å². The number of carbonyl (C=O) groups is 2. The van der Waals surface area contributed by atoms with Crippen molar-refractivity contribution in [3.63, 3.8) is 0 Å². The highest BCUT2D eigenvalue weighted by molar-refractivity contribution is 7.17. The van der Waals surface area contributed by atoms with Crippen LogP contribution in [0.15, 0.2) is 4.79 Å². The minimum absolute atomic E-state index is 0.242. The molecule has 8 nitrogen and oxygen atoms in total. The molecule has 1 saturated carbocycles. The average molecular weight is 433 g/mol. The van der Waals surface area contributed by atoms with E-state index in [1.807, 2.05) is 13.8 Å². The minimum atomic E-state index is -0.341. The lowest BCUT2D eigenvalue weighted by atomic mass is 9.94. The number of ether oxygens (including phenoxy) is 1. The molecule has 0 aromatic carbocycles. The molecule has 2 heterocycles. The van der Waals surface area contributed by atoms with Gasteiger partial charge in [0.05, 0.1) is 30.0 Å². The van der Waals surface area contributed by atoms with Gasteiger partial charge in [-0.2, -0.15) is 5.10 Å². The van der Waals surface area contributed by atoms with Gasteiger partial charge < -0.3 is 10.1 Å². The summed E-state index contributed by atoms with van der Waals surface area (Å²) in [6.45, 7) is 5.43. The Bertz CT molecular complexity index is 1030. The second-order valence-corrected chi connectivity index (χ2v) is 8.79. The number of hydrogen-bond donors (Lipinski definition) is 1. The van der Waals surface area contributed by atoms with E-state index in [0.29, 0.717) is 27.6 Å². The van der Waals surface area contributed by atoms with Gasteiger partial charge in [0.1, 0.15) is 9.88 Å². The van der Waals surface area contributed by atoms with Crippen molar-refractivity contribution in [3.8, 4) is 10.6 Å². The highest BCUT2D eigenvalue weighted by Crippen LogP contribution is 2.30. The van der Waals surface area contributed by atoms with Crippen molar-refractivity contribution in [1.29, 1.82) is 0 Å². The van der Waals surface area contributed by atoms with E-state index in [4.69, 9.17) is 4.74 Å². The molecule has 162 valence electrons. The Balaban J connectivity index is 1.91. The van der Waals surface area contributed by atoms with Crippen molar-refractivity contribution in [3.05, 3.63) is 32.2 Å². The number of thiazole rings is 1. The van der Waals surface area contributed by atoms with Gasteiger partial charge in [-0.3, -0.25) is 14.4 Å². The number of aromatic nitrogens is 3. The number of nitrogens with one attached hydrogen (secondary N) is 1. The second kappa shape index (κ2) is 9.07. The molecule has 2 atom stereocenters. The fourth-order valence-electron chi connectivity index (χ4n) is 3.96. The van der Waals surface area contributed by atoms with Gasteiger partial charge in [-0.1, -0.05) is 19.3 Å². The Hall–Kier alpha value is -2.55. The lowest BCUT2D eigenvalue weighted by Crippen LogP contribution is -2.43. The summed E-state index contributed by atoms with van der Waals surface area (Å²) in [5.74, 6) is -0.890. The first-order chi connectivity index (χ1) is 14.2. The van der Waals surface area contributed by atoms with E-state index < -0.39 is 0 Å². The van der Waals surface area contributed by atoms with Gasteiger partial charge in [0.15, 0.2) is 0 Å². The summed E-state index contributed by atoms with van der Waals surface area (Å²) < 4.78 is 6.25. The van der Waals surface area contributed by atoms with Crippen molar-refractivity contribution >= 4 is 23.2 Å². The maximum Gasteiger partial charge on any atom is 0.310 e. The van der Waals surface area contributed by atoms with Crippen LogP contribution in [-0.2, 0) is 16.6 Å². The van der Waals surface area contributed by atoms with Crippen LogP contribution in [0.2, 0.25) is 0 Å². The molecule has 0 bridgehead atoms. The van der Waals surface area contributed by atoms with Gasteiger partial charge in [-0.15, -0.1) is 11.3 Å². The third-order valence-electron chi connectivity index (χ3n) is 5.78. The molecule has 3 rings (SSSR count). The molecule has 0 spiro atoms. The topological polar surface area (TPSA) is 103 Å². The summed E-state index contributed by atoms with van der Waals surface area (Å²) in [6, 6.07) is -0.268. The number of carbonyl (C=O) groups excluding carboxylic acids is 2. The second-order valence-electron chi connectivity index (χ2n) is 7.80. The normalized spacial score (nSPS) is 19.2. The van der Waals surface area contributed by atoms with Crippen molar-refractivity contribution in [1.82, 2.24) is 20.1 Å². The number of amides is 1. The van der Waals surface area contributed by atoms with E-state index in [-0.39, 0.29) is 29.4 Å². The Labute approximate surface area is 179 Å². The van der Waals surface area contributed by atoms with Gasteiger partial charge in [0, 0.05) is 13.1 Å². The largest absolute Gasteiger partial charge is 0.469 e. The van der Waals surface area contributed by atoms with Crippen LogP contribution < -0.4 is 10.9 Å². The van der Waals surface area contributed by atoms with Gasteiger partial charge >= 0.3 is 5.97 Å². The highest BCUT2D eigenvalue weighted by Gasteiger charge is 2.32. The number of nitrogens with zero attached hydrogens (tertiary/aromatic N) is 3. The fraction of sp³-hybridized carbons (Fsp3) is 0.571. The van der Waals surface area contributed by atoms with Crippen LogP contribution in [0.5, 0.6) is 0 Å². The Morgan fingerprint density at radius 3 is 2.53 bits per heavy atom. The van der Waals surface area contributed by atoms with Gasteiger partial charge in [-0.05, 0) is 39.2 Å². The van der Waals surface area contributed by atoms with Crippen LogP contribution in [0.3, 0.4) is 0 Å². The molecule has 2 aromatic rings. The van der Waals surface area contributed by atoms with Crippen LogP contribution in [0.4, 0.5) is 0 Å². The molecule has 2 aromatic heterocycles. The molecule has 30 heavy (non-hydrogen) atoms. The molecule has 1 aliphatic carbocycles. The Kier molecular flexibility index (Phi) is 6.70. The molecular formula is C21H28N4O4S. The highest BCUT2D eigenvalue weighted by atomic mass is 32.1. The molecular weight excluding hydrogens is 404 g/mol. The lowest BCUT2D eigenvalue weighted by molar-refractivity contribution is -0.146. The molecule has 1 fully saturated rings. The quantitative estimate of drug-likeness (QED) is 0.589. The smallest absolute Gasteiger partial charge is 0.310 e. The van der Waals surface area contributed by atoms with E-state index in [9.17, 15) is 14.4 Å². The monoisotopic (exact) mass is 432 g/mol. The number of rotatable bonds is 4. The van der Waals surface area contributed by atoms with Gasteiger partial charge in [0.25, 0.3) is 11.5 Å². The van der Waals surface area contributed by atoms with Gasteiger partial charge in [-0.25, -0.2) is 9.67 Å². The van der Waals surface area contributed by atoms with E-state index >= 15 is 0 Å².